The normalized spacial score (nSPS) is 14.8. The SMILES string of the molecule is CCCCCCCC/C=C/CC/C=C/CC/C=C/C(O)C(COP(=O)(O)OCC[N+](C)(C)C)NC(=O)CCCCCCCCCCCCCCCC. The first-order valence-corrected chi connectivity index (χ1v) is 22.9. The first kappa shape index (κ1) is 50.7. The zero-order valence-electron chi connectivity index (χ0n) is 34.5. The van der Waals surface area contributed by atoms with Gasteiger partial charge in [0.15, 0.2) is 0 Å². The van der Waals surface area contributed by atoms with Crippen LogP contribution in [-0.2, 0) is 18.4 Å². The van der Waals surface area contributed by atoms with E-state index in [-0.39, 0.29) is 19.1 Å². The van der Waals surface area contributed by atoms with Gasteiger partial charge in [0.05, 0.1) is 39.9 Å². The summed E-state index contributed by atoms with van der Waals surface area (Å²) in [6, 6.07) is -0.864. The molecular formula is C43H84N2O6P+. The minimum absolute atomic E-state index is 0.0544. The van der Waals surface area contributed by atoms with Gasteiger partial charge in [-0.3, -0.25) is 13.8 Å². The average molecular weight is 756 g/mol. The Kier molecular flexibility index (Phi) is 34.6. The fourth-order valence-electron chi connectivity index (χ4n) is 5.90. The van der Waals surface area contributed by atoms with E-state index in [9.17, 15) is 19.4 Å². The first-order valence-electron chi connectivity index (χ1n) is 21.4. The van der Waals surface area contributed by atoms with Crippen LogP contribution in [0, 0.1) is 0 Å². The van der Waals surface area contributed by atoms with Crippen LogP contribution in [-0.4, -0.2) is 73.4 Å². The summed E-state index contributed by atoms with van der Waals surface area (Å²) in [5.41, 5.74) is 0. The Hall–Kier alpha value is -1.28. The van der Waals surface area contributed by atoms with Crippen LogP contribution in [0.5, 0.6) is 0 Å². The molecule has 0 heterocycles. The summed E-state index contributed by atoms with van der Waals surface area (Å²) in [6.07, 6.45) is 42.1. The lowest BCUT2D eigenvalue weighted by Crippen LogP contribution is -2.45. The number of phosphoric ester groups is 1. The number of nitrogens with zero attached hydrogens (tertiary/aromatic N) is 1. The molecule has 9 heteroatoms. The second-order valence-electron chi connectivity index (χ2n) is 15.7. The maximum atomic E-state index is 12.8. The van der Waals surface area contributed by atoms with E-state index in [4.69, 9.17) is 9.05 Å². The lowest BCUT2D eigenvalue weighted by molar-refractivity contribution is -0.870. The van der Waals surface area contributed by atoms with Crippen LogP contribution in [0.4, 0.5) is 0 Å². The number of hydrogen-bond donors (Lipinski definition) is 3. The number of quaternary nitrogens is 1. The third-order valence-corrected chi connectivity index (χ3v) is 10.3. The quantitative estimate of drug-likeness (QED) is 0.0251. The molecule has 3 atom stereocenters. The summed E-state index contributed by atoms with van der Waals surface area (Å²) in [5, 5.41) is 13.8. The van der Waals surface area contributed by atoms with Crippen LogP contribution in [0.2, 0.25) is 0 Å². The van der Waals surface area contributed by atoms with Crippen molar-refractivity contribution >= 4 is 13.7 Å². The monoisotopic (exact) mass is 756 g/mol. The molecule has 0 aromatic carbocycles. The standard InChI is InChI=1S/C43H83N2O6P/c1-6-8-10-12-14-16-18-20-22-23-24-26-28-30-32-34-36-42(46)41(40-51-52(48,49)50-39-38-45(3,4)5)44-43(47)37-35-33-31-29-27-25-21-19-17-15-13-11-9-7-2/h20,22,26,28,34,36,41-42,46H,6-19,21,23-25,27,29-33,35,37-40H2,1-5H3,(H-,44,47,48,49)/p+1/b22-20+,28-26+,36-34+. The zero-order valence-corrected chi connectivity index (χ0v) is 35.4. The topological polar surface area (TPSA) is 105 Å². The molecule has 0 spiro atoms. The molecule has 0 aromatic heterocycles. The molecule has 3 N–H and O–H groups in total. The Morgan fingerprint density at radius 2 is 1.06 bits per heavy atom. The summed E-state index contributed by atoms with van der Waals surface area (Å²) >= 11 is 0. The van der Waals surface area contributed by atoms with Crippen LogP contribution >= 0.6 is 7.82 Å². The molecule has 0 rings (SSSR count). The summed E-state index contributed by atoms with van der Waals surface area (Å²) in [7, 11) is 1.55. The summed E-state index contributed by atoms with van der Waals surface area (Å²) in [4.78, 5) is 23.1. The largest absolute Gasteiger partial charge is 0.472 e. The molecule has 1 amide bonds. The highest BCUT2D eigenvalue weighted by Crippen LogP contribution is 2.43. The van der Waals surface area contributed by atoms with E-state index >= 15 is 0 Å². The van der Waals surface area contributed by atoms with Crippen molar-refractivity contribution in [2.75, 3.05) is 40.9 Å². The van der Waals surface area contributed by atoms with Gasteiger partial charge in [-0.1, -0.05) is 166 Å². The number of amides is 1. The molecule has 0 bridgehead atoms. The second-order valence-corrected chi connectivity index (χ2v) is 17.2. The van der Waals surface area contributed by atoms with Crippen molar-refractivity contribution in [3.8, 4) is 0 Å². The van der Waals surface area contributed by atoms with Crippen LogP contribution in [0.15, 0.2) is 36.5 Å². The number of carbonyl (C=O) groups excluding carboxylic acids is 1. The predicted octanol–water partition coefficient (Wildman–Crippen LogP) is 11.5. The van der Waals surface area contributed by atoms with Crippen LogP contribution in [0.3, 0.4) is 0 Å². The molecule has 306 valence electrons. The van der Waals surface area contributed by atoms with Crippen molar-refractivity contribution in [2.45, 2.75) is 193 Å². The molecule has 0 saturated heterocycles. The van der Waals surface area contributed by atoms with Gasteiger partial charge >= 0.3 is 7.82 Å². The van der Waals surface area contributed by atoms with Crippen LogP contribution < -0.4 is 5.32 Å². The predicted molar refractivity (Wildman–Crippen MR) is 221 cm³/mol. The fraction of sp³-hybridized carbons (Fsp3) is 0.837. The number of phosphoric acid groups is 1. The van der Waals surface area contributed by atoms with Crippen LogP contribution in [0.25, 0.3) is 0 Å². The van der Waals surface area contributed by atoms with Gasteiger partial charge in [-0.05, 0) is 44.9 Å². The molecule has 0 fully saturated rings. The Labute approximate surface area is 321 Å². The first-order chi connectivity index (χ1) is 25.0. The number of aliphatic hydroxyl groups excluding tert-OH is 1. The molecule has 0 saturated carbocycles. The van der Waals surface area contributed by atoms with Gasteiger partial charge in [0.2, 0.25) is 5.91 Å². The highest BCUT2D eigenvalue weighted by Gasteiger charge is 2.27. The Balaban J connectivity index is 4.54. The molecule has 0 aromatic rings. The summed E-state index contributed by atoms with van der Waals surface area (Å²) < 4.78 is 23.5. The Bertz CT molecular complexity index is 948. The van der Waals surface area contributed by atoms with Gasteiger partial charge in [-0.2, -0.15) is 0 Å². The number of aliphatic hydroxyl groups is 1. The second kappa shape index (κ2) is 35.4. The maximum absolute atomic E-state index is 12.8. The fourth-order valence-corrected chi connectivity index (χ4v) is 6.63. The Morgan fingerprint density at radius 1 is 0.635 bits per heavy atom. The van der Waals surface area contributed by atoms with E-state index in [2.05, 4.69) is 43.5 Å². The molecule has 0 radical (unpaired) electrons. The average Bonchev–Trinajstić information content (AvgIpc) is 3.09. The minimum Gasteiger partial charge on any atom is -0.387 e. The molecule has 3 unspecified atom stereocenters. The maximum Gasteiger partial charge on any atom is 0.472 e. The van der Waals surface area contributed by atoms with E-state index < -0.39 is 20.0 Å². The molecule has 0 aliphatic heterocycles. The van der Waals surface area contributed by atoms with Gasteiger partial charge in [0.25, 0.3) is 0 Å². The van der Waals surface area contributed by atoms with Gasteiger partial charge in [0, 0.05) is 6.42 Å². The molecular weight excluding hydrogens is 671 g/mol. The Morgan fingerprint density at radius 3 is 1.54 bits per heavy atom. The third-order valence-electron chi connectivity index (χ3n) is 9.34. The van der Waals surface area contributed by atoms with Crippen molar-refractivity contribution in [3.05, 3.63) is 36.5 Å². The summed E-state index contributed by atoms with van der Waals surface area (Å²) in [5.74, 6) is -0.192. The van der Waals surface area contributed by atoms with E-state index in [1.807, 2.05) is 27.2 Å². The van der Waals surface area contributed by atoms with Gasteiger partial charge in [0.1, 0.15) is 13.2 Å². The van der Waals surface area contributed by atoms with Crippen molar-refractivity contribution in [3.63, 3.8) is 0 Å². The number of hydrogen-bond acceptors (Lipinski definition) is 5. The number of allylic oxidation sites excluding steroid dienone is 5. The number of carbonyl (C=O) groups is 1. The highest BCUT2D eigenvalue weighted by atomic mass is 31.2. The molecule has 0 aliphatic rings. The number of nitrogens with one attached hydrogen (secondary N) is 1. The van der Waals surface area contributed by atoms with E-state index in [1.165, 1.54) is 116 Å². The zero-order chi connectivity index (χ0) is 38.6. The highest BCUT2D eigenvalue weighted by molar-refractivity contribution is 7.47. The van der Waals surface area contributed by atoms with Crippen molar-refractivity contribution in [1.29, 1.82) is 0 Å². The van der Waals surface area contributed by atoms with Gasteiger partial charge in [-0.25, -0.2) is 4.57 Å². The number of rotatable bonds is 38. The van der Waals surface area contributed by atoms with Gasteiger partial charge in [-0.15, -0.1) is 0 Å². The third kappa shape index (κ3) is 37.1. The summed E-state index contributed by atoms with van der Waals surface area (Å²) in [6.45, 7) is 4.76. The molecule has 0 aliphatic carbocycles. The van der Waals surface area contributed by atoms with E-state index in [0.29, 0.717) is 17.4 Å². The number of unbranched alkanes of at least 4 members (excludes halogenated alkanes) is 21. The lowest BCUT2D eigenvalue weighted by atomic mass is 10.0. The molecule has 52 heavy (non-hydrogen) atoms. The van der Waals surface area contributed by atoms with Gasteiger partial charge < -0.3 is 19.8 Å². The van der Waals surface area contributed by atoms with Crippen molar-refractivity contribution < 1.29 is 32.9 Å². The van der Waals surface area contributed by atoms with Crippen LogP contribution in [0.1, 0.15) is 181 Å². The molecule has 8 nitrogen and oxygen atoms in total. The van der Waals surface area contributed by atoms with Crippen molar-refractivity contribution in [1.82, 2.24) is 5.32 Å². The van der Waals surface area contributed by atoms with E-state index in [1.54, 1.807) is 6.08 Å². The van der Waals surface area contributed by atoms with Crippen molar-refractivity contribution in [2.24, 2.45) is 0 Å². The smallest absolute Gasteiger partial charge is 0.387 e. The number of likely N-dealkylation sites (N-methyl/N-ethyl adjacent to an activating group) is 1. The minimum atomic E-state index is -4.34. The van der Waals surface area contributed by atoms with E-state index in [0.717, 1.165) is 44.9 Å². The lowest BCUT2D eigenvalue weighted by Gasteiger charge is -2.25.